The summed E-state index contributed by atoms with van der Waals surface area (Å²) in [5.41, 5.74) is 0. The predicted molar refractivity (Wildman–Crippen MR) is 43.2 cm³/mol. The molecule has 0 fully saturated rings. The largest absolute Gasteiger partial charge is 0.346 e. The van der Waals surface area contributed by atoms with Crippen LogP contribution in [-0.4, -0.2) is 12.9 Å². The highest BCUT2D eigenvalue weighted by Crippen LogP contribution is 2.63. The molecule has 0 amide bonds. The molecule has 0 saturated carbocycles. The van der Waals surface area contributed by atoms with Gasteiger partial charge >= 0.3 is 5.92 Å². The molecule has 0 radical (unpaired) electrons. The molecule has 5 heteroatoms. The first-order chi connectivity index (χ1) is 4.12. The monoisotopic (exact) mass is 188 g/mol. The van der Waals surface area contributed by atoms with E-state index in [0.29, 0.717) is 0 Å². The van der Waals surface area contributed by atoms with E-state index in [1.807, 2.05) is 6.92 Å². The SMILES string of the molecule is CCCSP(=O)(Cl)OC. The highest BCUT2D eigenvalue weighted by molar-refractivity contribution is 8.63. The van der Waals surface area contributed by atoms with Gasteiger partial charge in [0, 0.05) is 12.9 Å². The van der Waals surface area contributed by atoms with Crippen LogP contribution in [0.15, 0.2) is 0 Å². The third-order valence-corrected chi connectivity index (χ3v) is 5.22. The van der Waals surface area contributed by atoms with Gasteiger partial charge in [-0.1, -0.05) is 18.3 Å². The van der Waals surface area contributed by atoms with E-state index in [1.165, 1.54) is 18.5 Å². The number of halogens is 1. The summed E-state index contributed by atoms with van der Waals surface area (Å²) in [7, 11) is 1.36. The zero-order chi connectivity index (χ0) is 7.33. The van der Waals surface area contributed by atoms with Gasteiger partial charge in [0.05, 0.1) is 0 Å². The topological polar surface area (TPSA) is 26.3 Å². The molecule has 0 aliphatic carbocycles. The first-order valence-electron chi connectivity index (χ1n) is 2.62. The summed E-state index contributed by atoms with van der Waals surface area (Å²) in [4.78, 5) is 0. The van der Waals surface area contributed by atoms with E-state index in [-0.39, 0.29) is 0 Å². The maximum Gasteiger partial charge on any atom is 0.346 e. The Hall–Kier alpha value is 0.830. The summed E-state index contributed by atoms with van der Waals surface area (Å²) < 4.78 is 15.4. The third-order valence-electron chi connectivity index (χ3n) is 0.668. The second kappa shape index (κ2) is 4.62. The fraction of sp³-hybridized carbons (Fsp3) is 1.00. The van der Waals surface area contributed by atoms with Crippen LogP contribution < -0.4 is 0 Å². The fourth-order valence-corrected chi connectivity index (χ4v) is 2.90. The van der Waals surface area contributed by atoms with Crippen molar-refractivity contribution in [1.82, 2.24) is 0 Å². The van der Waals surface area contributed by atoms with Crippen molar-refractivity contribution in [2.24, 2.45) is 0 Å². The normalized spacial score (nSPS) is 17.2. The van der Waals surface area contributed by atoms with E-state index < -0.39 is 5.92 Å². The number of hydrogen-bond acceptors (Lipinski definition) is 3. The van der Waals surface area contributed by atoms with Crippen molar-refractivity contribution in [3.05, 3.63) is 0 Å². The van der Waals surface area contributed by atoms with Crippen LogP contribution in [0.5, 0.6) is 0 Å². The summed E-state index contributed by atoms with van der Waals surface area (Å²) in [6.45, 7) is 2.00. The molecule has 0 N–H and O–H groups in total. The molecule has 1 atom stereocenters. The lowest BCUT2D eigenvalue weighted by Gasteiger charge is -2.03. The van der Waals surface area contributed by atoms with E-state index in [4.69, 9.17) is 11.2 Å². The Balaban J connectivity index is 3.46. The van der Waals surface area contributed by atoms with Gasteiger partial charge in [-0.2, -0.15) is 0 Å². The van der Waals surface area contributed by atoms with Crippen molar-refractivity contribution in [3.8, 4) is 0 Å². The van der Waals surface area contributed by atoms with Crippen molar-refractivity contribution < 1.29 is 9.09 Å². The smallest absolute Gasteiger partial charge is 0.313 e. The molecule has 0 aliphatic heterocycles. The molecular weight excluding hydrogens is 179 g/mol. The Bertz CT molecular complexity index is 119. The summed E-state index contributed by atoms with van der Waals surface area (Å²) in [6, 6.07) is 0. The molecule has 2 nitrogen and oxygen atoms in total. The number of rotatable bonds is 4. The first-order valence-corrected chi connectivity index (χ1v) is 6.74. The van der Waals surface area contributed by atoms with Gasteiger partial charge in [0.1, 0.15) is 0 Å². The lowest BCUT2D eigenvalue weighted by molar-refractivity contribution is 0.423. The molecule has 0 aliphatic rings. The summed E-state index contributed by atoms with van der Waals surface area (Å²) >= 11 is 6.57. The van der Waals surface area contributed by atoms with Gasteiger partial charge < -0.3 is 4.52 Å². The van der Waals surface area contributed by atoms with Crippen LogP contribution in [0.25, 0.3) is 0 Å². The van der Waals surface area contributed by atoms with Crippen LogP contribution in [0.2, 0.25) is 0 Å². The lowest BCUT2D eigenvalue weighted by atomic mass is 10.6. The average Bonchev–Trinajstić information content (AvgIpc) is 1.84. The minimum absolute atomic E-state index is 0.786. The Morgan fingerprint density at radius 3 is 2.67 bits per heavy atom. The summed E-state index contributed by atoms with van der Waals surface area (Å²) in [5.74, 6) is -2.01. The molecule has 0 saturated heterocycles. The van der Waals surface area contributed by atoms with Crippen molar-refractivity contribution in [2.45, 2.75) is 13.3 Å². The first kappa shape index (κ1) is 9.83. The Morgan fingerprint density at radius 1 is 1.78 bits per heavy atom. The molecule has 56 valence electrons. The molecule has 0 heterocycles. The van der Waals surface area contributed by atoms with E-state index in [9.17, 15) is 4.57 Å². The van der Waals surface area contributed by atoms with E-state index in [2.05, 4.69) is 4.52 Å². The Morgan fingerprint density at radius 2 is 2.33 bits per heavy atom. The van der Waals surface area contributed by atoms with Gasteiger partial charge in [-0.15, -0.1) is 0 Å². The molecule has 1 unspecified atom stereocenters. The molecule has 0 bridgehead atoms. The molecule has 0 aromatic rings. The Labute approximate surface area is 64.3 Å². The quantitative estimate of drug-likeness (QED) is 0.634. The van der Waals surface area contributed by atoms with Crippen molar-refractivity contribution in [2.75, 3.05) is 12.9 Å². The highest BCUT2D eigenvalue weighted by Gasteiger charge is 2.16. The van der Waals surface area contributed by atoms with E-state index in [1.54, 1.807) is 0 Å². The number of hydrogen-bond donors (Lipinski definition) is 0. The summed E-state index contributed by atoms with van der Waals surface area (Å²) in [5, 5.41) is 0. The zero-order valence-electron chi connectivity index (χ0n) is 5.46. The van der Waals surface area contributed by atoms with Crippen LogP contribution in [0.1, 0.15) is 13.3 Å². The fourth-order valence-electron chi connectivity index (χ4n) is 0.253. The second-order valence-corrected chi connectivity index (χ2v) is 7.49. The minimum atomic E-state index is -2.80. The average molecular weight is 189 g/mol. The lowest BCUT2D eigenvalue weighted by Crippen LogP contribution is -1.74. The Kier molecular flexibility index (Phi) is 5.04. The standard InChI is InChI=1S/C4H10ClO2PS/c1-3-4-9-8(5,6)7-2/h3-4H2,1-2H3. The zero-order valence-corrected chi connectivity index (χ0v) is 7.93. The maximum absolute atomic E-state index is 10.8. The molecule has 0 aromatic heterocycles. The summed E-state index contributed by atoms with van der Waals surface area (Å²) in [6.07, 6.45) is 0.963. The van der Waals surface area contributed by atoms with Gasteiger partial charge in [0.15, 0.2) is 0 Å². The van der Waals surface area contributed by atoms with Crippen molar-refractivity contribution >= 4 is 28.5 Å². The van der Waals surface area contributed by atoms with Gasteiger partial charge in [-0.05, 0) is 17.7 Å². The molecule has 9 heavy (non-hydrogen) atoms. The van der Waals surface area contributed by atoms with Gasteiger partial charge in [0.2, 0.25) is 0 Å². The van der Waals surface area contributed by atoms with Crippen LogP contribution >= 0.6 is 28.5 Å². The van der Waals surface area contributed by atoms with Crippen LogP contribution in [0.3, 0.4) is 0 Å². The van der Waals surface area contributed by atoms with Crippen LogP contribution in [0, 0.1) is 0 Å². The van der Waals surface area contributed by atoms with Crippen LogP contribution in [0.4, 0.5) is 0 Å². The van der Waals surface area contributed by atoms with Crippen molar-refractivity contribution in [1.29, 1.82) is 0 Å². The van der Waals surface area contributed by atoms with Crippen LogP contribution in [-0.2, 0) is 9.09 Å². The highest BCUT2D eigenvalue weighted by atomic mass is 35.7. The van der Waals surface area contributed by atoms with E-state index in [0.717, 1.165) is 12.2 Å². The predicted octanol–water partition coefficient (Wildman–Crippen LogP) is 3.12. The third kappa shape index (κ3) is 5.28. The van der Waals surface area contributed by atoms with E-state index >= 15 is 0 Å². The van der Waals surface area contributed by atoms with Crippen molar-refractivity contribution in [3.63, 3.8) is 0 Å². The molecule has 0 aromatic carbocycles. The molecule has 0 spiro atoms. The minimum Gasteiger partial charge on any atom is -0.313 e. The van der Waals surface area contributed by atoms with Gasteiger partial charge in [0.25, 0.3) is 0 Å². The van der Waals surface area contributed by atoms with Gasteiger partial charge in [-0.25, -0.2) is 0 Å². The second-order valence-electron chi connectivity index (χ2n) is 1.45. The molecular formula is C4H10ClO2PS. The maximum atomic E-state index is 10.8. The van der Waals surface area contributed by atoms with Gasteiger partial charge in [-0.3, -0.25) is 4.57 Å². The molecule has 0 rings (SSSR count).